The van der Waals surface area contributed by atoms with Crippen molar-refractivity contribution < 1.29 is 9.59 Å². The normalized spacial score (nSPS) is 21.8. The molecule has 2 heterocycles. The second-order valence-corrected chi connectivity index (χ2v) is 7.50. The van der Waals surface area contributed by atoms with Crippen LogP contribution in [0, 0.1) is 6.92 Å². The summed E-state index contributed by atoms with van der Waals surface area (Å²) in [5.74, 6) is -0.0514. The van der Waals surface area contributed by atoms with Crippen LogP contribution < -0.4 is 10.6 Å². The van der Waals surface area contributed by atoms with Gasteiger partial charge in [-0.1, -0.05) is 18.2 Å². The van der Waals surface area contributed by atoms with Gasteiger partial charge in [-0.2, -0.15) is 0 Å². The topological polar surface area (TPSA) is 61.4 Å². The Bertz CT molecular complexity index is 591. The zero-order chi connectivity index (χ0) is 16.2. The van der Waals surface area contributed by atoms with E-state index in [0.717, 1.165) is 25.9 Å². The van der Waals surface area contributed by atoms with Gasteiger partial charge in [-0.15, -0.1) is 24.2 Å². The molecular formula is C17H24ClN3O2S. The Morgan fingerprint density at radius 3 is 2.62 bits per heavy atom. The third-order valence-corrected chi connectivity index (χ3v) is 5.92. The number of carbonyl (C=O) groups is 2. The van der Waals surface area contributed by atoms with Crippen LogP contribution in [0.2, 0.25) is 0 Å². The summed E-state index contributed by atoms with van der Waals surface area (Å²) < 4.78 is 0. The van der Waals surface area contributed by atoms with E-state index >= 15 is 0 Å². The SMILES string of the molecule is Cc1ccccc1SC1CCN(C(=O)C2CNCC(=O)N2)CC1.Cl. The highest BCUT2D eigenvalue weighted by atomic mass is 35.5. The molecule has 0 aromatic heterocycles. The van der Waals surface area contributed by atoms with E-state index in [1.807, 2.05) is 16.7 Å². The molecule has 1 aromatic rings. The number of nitrogens with one attached hydrogen (secondary N) is 2. The van der Waals surface area contributed by atoms with Gasteiger partial charge in [0.1, 0.15) is 6.04 Å². The van der Waals surface area contributed by atoms with Crippen LogP contribution in [0.1, 0.15) is 18.4 Å². The van der Waals surface area contributed by atoms with Crippen LogP contribution in [0.5, 0.6) is 0 Å². The van der Waals surface area contributed by atoms with E-state index in [1.54, 1.807) is 0 Å². The van der Waals surface area contributed by atoms with Crippen LogP contribution in [-0.2, 0) is 9.59 Å². The predicted molar refractivity (Wildman–Crippen MR) is 98.7 cm³/mol. The third-order valence-electron chi connectivity index (χ3n) is 4.41. The van der Waals surface area contributed by atoms with Gasteiger partial charge in [-0.25, -0.2) is 0 Å². The molecule has 1 aromatic carbocycles. The first kappa shape index (κ1) is 19.1. The first-order valence-electron chi connectivity index (χ1n) is 8.14. The van der Waals surface area contributed by atoms with Gasteiger partial charge in [0.15, 0.2) is 0 Å². The number of carbonyl (C=O) groups excluding carboxylic acids is 2. The number of nitrogens with zero attached hydrogens (tertiary/aromatic N) is 1. The zero-order valence-corrected chi connectivity index (χ0v) is 15.4. The number of halogens is 1. The molecule has 0 bridgehead atoms. The molecule has 1 unspecified atom stereocenters. The molecule has 24 heavy (non-hydrogen) atoms. The Balaban J connectivity index is 0.00000208. The molecule has 2 aliphatic rings. The molecule has 0 radical (unpaired) electrons. The Morgan fingerprint density at radius 1 is 1.25 bits per heavy atom. The fourth-order valence-electron chi connectivity index (χ4n) is 3.06. The fraction of sp³-hybridized carbons (Fsp3) is 0.529. The van der Waals surface area contributed by atoms with Crippen molar-refractivity contribution in [3.63, 3.8) is 0 Å². The molecule has 5 nitrogen and oxygen atoms in total. The number of hydrogen-bond donors (Lipinski definition) is 2. The summed E-state index contributed by atoms with van der Waals surface area (Å²) in [4.78, 5) is 27.1. The lowest BCUT2D eigenvalue weighted by Crippen LogP contribution is -2.59. The van der Waals surface area contributed by atoms with Crippen molar-refractivity contribution in [3.8, 4) is 0 Å². The molecule has 132 valence electrons. The fourth-order valence-corrected chi connectivity index (χ4v) is 4.27. The maximum Gasteiger partial charge on any atom is 0.246 e. The van der Waals surface area contributed by atoms with E-state index in [1.165, 1.54) is 10.5 Å². The number of rotatable bonds is 3. The number of likely N-dealkylation sites (tertiary alicyclic amines) is 1. The second-order valence-electron chi connectivity index (χ2n) is 6.16. The molecule has 0 saturated carbocycles. The van der Waals surface area contributed by atoms with Crippen molar-refractivity contribution in [2.45, 2.75) is 36.0 Å². The quantitative estimate of drug-likeness (QED) is 0.849. The monoisotopic (exact) mass is 369 g/mol. The van der Waals surface area contributed by atoms with Crippen LogP contribution in [0.15, 0.2) is 29.2 Å². The second kappa shape index (κ2) is 8.74. The van der Waals surface area contributed by atoms with Crippen molar-refractivity contribution in [1.82, 2.24) is 15.5 Å². The first-order chi connectivity index (χ1) is 11.1. The number of piperidine rings is 1. The minimum Gasteiger partial charge on any atom is -0.342 e. The predicted octanol–water partition coefficient (Wildman–Crippen LogP) is 1.59. The third kappa shape index (κ3) is 4.65. The lowest BCUT2D eigenvalue weighted by atomic mass is 10.1. The van der Waals surface area contributed by atoms with E-state index in [-0.39, 0.29) is 24.2 Å². The van der Waals surface area contributed by atoms with Gasteiger partial charge in [0, 0.05) is 29.8 Å². The summed E-state index contributed by atoms with van der Waals surface area (Å²) >= 11 is 1.92. The molecule has 1 atom stereocenters. The van der Waals surface area contributed by atoms with Gasteiger partial charge < -0.3 is 15.5 Å². The Labute approximate surface area is 153 Å². The van der Waals surface area contributed by atoms with Crippen LogP contribution in [0.3, 0.4) is 0 Å². The molecular weight excluding hydrogens is 346 g/mol. The van der Waals surface area contributed by atoms with Gasteiger partial charge >= 0.3 is 0 Å². The standard InChI is InChI=1S/C17H23N3O2S.ClH/c1-12-4-2-3-5-15(12)23-13-6-8-20(9-7-13)17(22)14-10-18-11-16(21)19-14;/h2-5,13-14,18H,6-11H2,1H3,(H,19,21);1H. The average Bonchev–Trinajstić information content (AvgIpc) is 2.57. The first-order valence-corrected chi connectivity index (χ1v) is 9.02. The minimum absolute atomic E-state index is 0. The van der Waals surface area contributed by atoms with Gasteiger partial charge in [0.25, 0.3) is 0 Å². The Kier molecular flexibility index (Phi) is 6.95. The molecule has 2 fully saturated rings. The number of hydrogen-bond acceptors (Lipinski definition) is 4. The Morgan fingerprint density at radius 2 is 1.96 bits per heavy atom. The van der Waals surface area contributed by atoms with Gasteiger partial charge in [0.05, 0.1) is 6.54 Å². The maximum atomic E-state index is 12.5. The molecule has 2 N–H and O–H groups in total. The molecule has 2 amide bonds. The summed E-state index contributed by atoms with van der Waals surface area (Å²) in [5.41, 5.74) is 1.31. The Hall–Kier alpha value is -1.24. The number of amides is 2. The van der Waals surface area contributed by atoms with E-state index in [0.29, 0.717) is 18.3 Å². The van der Waals surface area contributed by atoms with E-state index in [9.17, 15) is 9.59 Å². The molecule has 0 spiro atoms. The van der Waals surface area contributed by atoms with Gasteiger partial charge in [-0.05, 0) is 31.4 Å². The summed E-state index contributed by atoms with van der Waals surface area (Å²) in [7, 11) is 0. The summed E-state index contributed by atoms with van der Waals surface area (Å²) in [6.45, 7) is 4.52. The number of piperazine rings is 1. The van der Waals surface area contributed by atoms with Crippen LogP contribution in [0.4, 0.5) is 0 Å². The van der Waals surface area contributed by atoms with Crippen molar-refractivity contribution >= 4 is 36.0 Å². The van der Waals surface area contributed by atoms with Crippen LogP contribution in [0.25, 0.3) is 0 Å². The largest absolute Gasteiger partial charge is 0.342 e. The zero-order valence-electron chi connectivity index (χ0n) is 13.8. The number of benzene rings is 1. The minimum atomic E-state index is -0.406. The van der Waals surface area contributed by atoms with Crippen molar-refractivity contribution in [2.75, 3.05) is 26.2 Å². The number of aryl methyl sites for hydroxylation is 1. The van der Waals surface area contributed by atoms with Crippen LogP contribution >= 0.6 is 24.2 Å². The van der Waals surface area contributed by atoms with Crippen molar-refractivity contribution in [2.24, 2.45) is 0 Å². The van der Waals surface area contributed by atoms with E-state index in [4.69, 9.17) is 0 Å². The van der Waals surface area contributed by atoms with E-state index < -0.39 is 6.04 Å². The van der Waals surface area contributed by atoms with Gasteiger partial charge in [0.2, 0.25) is 11.8 Å². The van der Waals surface area contributed by atoms with E-state index in [2.05, 4.69) is 41.8 Å². The lowest BCUT2D eigenvalue weighted by molar-refractivity contribution is -0.138. The highest BCUT2D eigenvalue weighted by Crippen LogP contribution is 2.32. The molecule has 3 rings (SSSR count). The maximum absolute atomic E-state index is 12.5. The lowest BCUT2D eigenvalue weighted by Gasteiger charge is -2.35. The summed E-state index contributed by atoms with van der Waals surface area (Å²) in [6.07, 6.45) is 2.00. The molecule has 2 saturated heterocycles. The molecule has 0 aliphatic carbocycles. The van der Waals surface area contributed by atoms with Crippen molar-refractivity contribution in [3.05, 3.63) is 29.8 Å². The number of thioether (sulfide) groups is 1. The summed E-state index contributed by atoms with van der Waals surface area (Å²) in [6, 6.07) is 8.04. The average molecular weight is 370 g/mol. The highest BCUT2D eigenvalue weighted by Gasteiger charge is 2.31. The molecule has 2 aliphatic heterocycles. The highest BCUT2D eigenvalue weighted by molar-refractivity contribution is 8.00. The van der Waals surface area contributed by atoms with Gasteiger partial charge in [-0.3, -0.25) is 9.59 Å². The molecule has 7 heteroatoms. The van der Waals surface area contributed by atoms with Crippen LogP contribution in [-0.4, -0.2) is 54.2 Å². The smallest absolute Gasteiger partial charge is 0.246 e. The summed E-state index contributed by atoms with van der Waals surface area (Å²) in [5, 5.41) is 6.32. The van der Waals surface area contributed by atoms with Crippen molar-refractivity contribution in [1.29, 1.82) is 0 Å².